The van der Waals surface area contributed by atoms with Crippen molar-refractivity contribution in [2.24, 2.45) is 5.92 Å². The number of halogens is 1. The number of amides is 1. The summed E-state index contributed by atoms with van der Waals surface area (Å²) < 4.78 is 24.7. The second-order valence-corrected chi connectivity index (χ2v) is 8.14. The van der Waals surface area contributed by atoms with E-state index in [0.29, 0.717) is 19.1 Å². The molecule has 0 saturated carbocycles. The van der Waals surface area contributed by atoms with Gasteiger partial charge in [0.1, 0.15) is 11.6 Å². The molecule has 0 bridgehead atoms. The molecule has 4 rings (SSSR count). The molecule has 2 fully saturated rings. The van der Waals surface area contributed by atoms with Crippen molar-refractivity contribution in [3.05, 3.63) is 29.6 Å². The molecule has 6 heteroatoms. The van der Waals surface area contributed by atoms with Crippen LogP contribution in [0.2, 0.25) is 0 Å². The van der Waals surface area contributed by atoms with E-state index in [1.807, 2.05) is 11.8 Å². The van der Waals surface area contributed by atoms with Crippen molar-refractivity contribution in [1.29, 1.82) is 0 Å². The van der Waals surface area contributed by atoms with Crippen LogP contribution in [0.25, 0.3) is 0 Å². The molecule has 1 spiro atoms. The molecule has 0 atom stereocenters. The molecule has 3 aliphatic heterocycles. The third-order valence-electron chi connectivity index (χ3n) is 6.49. The fourth-order valence-corrected chi connectivity index (χ4v) is 4.79. The van der Waals surface area contributed by atoms with Crippen LogP contribution in [-0.2, 0) is 10.2 Å². The van der Waals surface area contributed by atoms with Gasteiger partial charge < -0.3 is 19.3 Å². The maximum atomic E-state index is 13.7. The van der Waals surface area contributed by atoms with E-state index >= 15 is 0 Å². The molecule has 0 radical (unpaired) electrons. The Kier molecular flexibility index (Phi) is 5.26. The summed E-state index contributed by atoms with van der Waals surface area (Å²) in [5.41, 5.74) is 1.05. The minimum absolute atomic E-state index is 0.0127. The molecule has 5 nitrogen and oxygen atoms in total. The summed E-state index contributed by atoms with van der Waals surface area (Å²) in [5.74, 6) is 1.32. The molecular formula is C21H29FN2O3. The number of ether oxygens (including phenoxy) is 2. The highest BCUT2D eigenvalue weighted by atomic mass is 19.1. The monoisotopic (exact) mass is 376 g/mol. The highest BCUT2D eigenvalue weighted by molar-refractivity contribution is 5.67. The van der Waals surface area contributed by atoms with Gasteiger partial charge in [0, 0.05) is 30.6 Å². The highest BCUT2D eigenvalue weighted by Crippen LogP contribution is 2.45. The SMILES string of the molecule is CCOC(=O)N1CCC(CN2CCC3(CC2)COc2ccc(F)cc23)CC1. The van der Waals surface area contributed by atoms with E-state index < -0.39 is 0 Å². The zero-order valence-corrected chi connectivity index (χ0v) is 16.1. The van der Waals surface area contributed by atoms with Gasteiger partial charge in [-0.25, -0.2) is 9.18 Å². The average Bonchev–Trinajstić information content (AvgIpc) is 3.02. The van der Waals surface area contributed by atoms with Crippen molar-refractivity contribution in [3.8, 4) is 5.75 Å². The van der Waals surface area contributed by atoms with E-state index in [1.165, 1.54) is 6.07 Å². The number of piperidine rings is 2. The lowest BCUT2D eigenvalue weighted by Gasteiger charge is -2.41. The number of carbonyl (C=O) groups excluding carboxylic acids is 1. The second kappa shape index (κ2) is 7.66. The van der Waals surface area contributed by atoms with Crippen LogP contribution in [0.4, 0.5) is 9.18 Å². The Balaban J connectivity index is 1.28. The summed E-state index contributed by atoms with van der Waals surface area (Å²) in [4.78, 5) is 16.2. The molecule has 148 valence electrons. The Morgan fingerprint density at radius 1 is 1.26 bits per heavy atom. The zero-order valence-electron chi connectivity index (χ0n) is 16.1. The lowest BCUT2D eigenvalue weighted by Crippen LogP contribution is -2.47. The maximum Gasteiger partial charge on any atom is 0.409 e. The minimum Gasteiger partial charge on any atom is -0.492 e. The molecule has 1 aromatic rings. The number of nitrogens with zero attached hydrogens (tertiary/aromatic N) is 2. The van der Waals surface area contributed by atoms with E-state index in [2.05, 4.69) is 4.90 Å². The van der Waals surface area contributed by atoms with Crippen molar-refractivity contribution >= 4 is 6.09 Å². The number of likely N-dealkylation sites (tertiary alicyclic amines) is 2. The molecule has 0 aromatic heterocycles. The normalized spacial score (nSPS) is 22.5. The Morgan fingerprint density at radius 3 is 2.70 bits per heavy atom. The largest absolute Gasteiger partial charge is 0.492 e. The van der Waals surface area contributed by atoms with Crippen molar-refractivity contribution in [3.63, 3.8) is 0 Å². The van der Waals surface area contributed by atoms with E-state index in [-0.39, 0.29) is 17.3 Å². The number of fused-ring (bicyclic) bond motifs is 2. The minimum atomic E-state index is -0.178. The quantitative estimate of drug-likeness (QED) is 0.811. The van der Waals surface area contributed by atoms with Gasteiger partial charge in [0.05, 0.1) is 13.2 Å². The summed E-state index contributed by atoms with van der Waals surface area (Å²) in [6, 6.07) is 4.92. The molecule has 3 heterocycles. The topological polar surface area (TPSA) is 42.0 Å². The van der Waals surface area contributed by atoms with Gasteiger partial charge >= 0.3 is 6.09 Å². The summed E-state index contributed by atoms with van der Waals surface area (Å²) in [7, 11) is 0. The van der Waals surface area contributed by atoms with E-state index in [9.17, 15) is 9.18 Å². The van der Waals surface area contributed by atoms with Gasteiger partial charge in [-0.2, -0.15) is 0 Å². The smallest absolute Gasteiger partial charge is 0.409 e. The third kappa shape index (κ3) is 3.77. The maximum absolute atomic E-state index is 13.7. The average molecular weight is 376 g/mol. The first-order valence-corrected chi connectivity index (χ1v) is 10.2. The molecule has 0 aliphatic carbocycles. The van der Waals surface area contributed by atoms with Crippen molar-refractivity contribution in [1.82, 2.24) is 9.80 Å². The molecule has 0 unspecified atom stereocenters. The van der Waals surface area contributed by atoms with Crippen molar-refractivity contribution in [2.75, 3.05) is 45.9 Å². The molecule has 0 N–H and O–H groups in total. The number of hydrogen-bond donors (Lipinski definition) is 0. The number of benzene rings is 1. The molecule has 1 amide bonds. The highest BCUT2D eigenvalue weighted by Gasteiger charge is 2.43. The summed E-state index contributed by atoms with van der Waals surface area (Å²) in [6.07, 6.45) is 3.94. The lowest BCUT2D eigenvalue weighted by molar-refractivity contribution is 0.0767. The van der Waals surface area contributed by atoms with Crippen LogP contribution < -0.4 is 4.74 Å². The predicted molar refractivity (Wildman–Crippen MR) is 101 cm³/mol. The number of carbonyl (C=O) groups is 1. The molecule has 2 saturated heterocycles. The van der Waals surface area contributed by atoms with Gasteiger partial charge in [0.25, 0.3) is 0 Å². The molecule has 1 aromatic carbocycles. The van der Waals surface area contributed by atoms with E-state index in [4.69, 9.17) is 9.47 Å². The third-order valence-corrected chi connectivity index (χ3v) is 6.49. The van der Waals surface area contributed by atoms with Gasteiger partial charge in [-0.05, 0) is 69.8 Å². The van der Waals surface area contributed by atoms with Gasteiger partial charge in [0.2, 0.25) is 0 Å². The molecular weight excluding hydrogens is 347 g/mol. The Labute approximate surface area is 160 Å². The second-order valence-electron chi connectivity index (χ2n) is 8.14. The van der Waals surface area contributed by atoms with E-state index in [0.717, 1.165) is 69.7 Å². The lowest BCUT2D eigenvalue weighted by atomic mass is 9.74. The predicted octanol–water partition coefficient (Wildman–Crippen LogP) is 3.42. The van der Waals surface area contributed by atoms with Crippen molar-refractivity contribution in [2.45, 2.75) is 38.0 Å². The van der Waals surface area contributed by atoms with Gasteiger partial charge in [-0.1, -0.05) is 0 Å². The fraction of sp³-hybridized carbons (Fsp3) is 0.667. The number of rotatable bonds is 3. The fourth-order valence-electron chi connectivity index (χ4n) is 4.79. The first-order valence-electron chi connectivity index (χ1n) is 10.2. The number of hydrogen-bond acceptors (Lipinski definition) is 4. The Bertz CT molecular complexity index is 680. The van der Waals surface area contributed by atoms with Crippen LogP contribution in [0, 0.1) is 11.7 Å². The first kappa shape index (κ1) is 18.5. The molecule has 3 aliphatic rings. The van der Waals surface area contributed by atoms with Crippen LogP contribution in [0.5, 0.6) is 5.75 Å². The summed E-state index contributed by atoms with van der Waals surface area (Å²) in [5, 5.41) is 0. The van der Waals surface area contributed by atoms with Crippen LogP contribution in [0.3, 0.4) is 0 Å². The van der Waals surface area contributed by atoms with Gasteiger partial charge in [0.15, 0.2) is 0 Å². The van der Waals surface area contributed by atoms with E-state index in [1.54, 1.807) is 12.1 Å². The Hall–Kier alpha value is -1.82. The van der Waals surface area contributed by atoms with Crippen molar-refractivity contribution < 1.29 is 18.7 Å². The summed E-state index contributed by atoms with van der Waals surface area (Å²) in [6.45, 7) is 7.68. The Morgan fingerprint density at radius 2 is 2.00 bits per heavy atom. The first-order chi connectivity index (χ1) is 13.1. The van der Waals surface area contributed by atoms with Crippen LogP contribution in [0.15, 0.2) is 18.2 Å². The van der Waals surface area contributed by atoms with Crippen LogP contribution >= 0.6 is 0 Å². The molecule has 27 heavy (non-hydrogen) atoms. The summed E-state index contributed by atoms with van der Waals surface area (Å²) >= 11 is 0. The zero-order chi connectivity index (χ0) is 18.9. The van der Waals surface area contributed by atoms with Crippen LogP contribution in [-0.4, -0.2) is 61.8 Å². The van der Waals surface area contributed by atoms with Crippen LogP contribution in [0.1, 0.15) is 38.2 Å². The van der Waals surface area contributed by atoms with Gasteiger partial charge in [-0.15, -0.1) is 0 Å². The van der Waals surface area contributed by atoms with Gasteiger partial charge in [-0.3, -0.25) is 0 Å². The standard InChI is InChI=1S/C21H29FN2O3/c1-2-26-20(25)24-9-5-16(6-10-24)14-23-11-7-21(8-12-23)15-27-19-4-3-17(22)13-18(19)21/h3-4,13,16H,2,5-12,14-15H2,1H3.